The lowest BCUT2D eigenvalue weighted by atomic mass is 10.1. The Morgan fingerprint density at radius 1 is 1.19 bits per heavy atom. The van der Waals surface area contributed by atoms with E-state index >= 15 is 0 Å². The number of nitrogens with one attached hydrogen (secondary N) is 2. The first-order valence-electron chi connectivity index (χ1n) is 9.06. The highest BCUT2D eigenvalue weighted by Gasteiger charge is 2.28. The van der Waals surface area contributed by atoms with E-state index in [4.69, 9.17) is 4.74 Å². The molecule has 1 atom stereocenters. The molecule has 1 aromatic heterocycles. The summed E-state index contributed by atoms with van der Waals surface area (Å²) in [5.41, 5.74) is 2.19. The van der Waals surface area contributed by atoms with Gasteiger partial charge >= 0.3 is 6.18 Å². The number of carbonyl (C=O) groups excluding carboxylic acids is 1. The number of nitrogens with zero attached hydrogens (tertiary/aromatic N) is 2. The molecule has 0 fully saturated rings. The maximum absolute atomic E-state index is 13.2. The van der Waals surface area contributed by atoms with Crippen molar-refractivity contribution in [2.24, 2.45) is 0 Å². The second-order valence-corrected chi connectivity index (χ2v) is 8.77. The molecule has 0 bridgehead atoms. The van der Waals surface area contributed by atoms with Crippen LogP contribution in [-0.4, -0.2) is 35.9 Å². The first-order chi connectivity index (χ1) is 14.7. The van der Waals surface area contributed by atoms with Crippen molar-refractivity contribution < 1.29 is 22.7 Å². The van der Waals surface area contributed by atoms with Crippen molar-refractivity contribution in [1.29, 1.82) is 0 Å². The van der Waals surface area contributed by atoms with Crippen molar-refractivity contribution in [2.45, 2.75) is 22.7 Å². The van der Waals surface area contributed by atoms with Crippen molar-refractivity contribution in [2.75, 3.05) is 24.3 Å². The topological polar surface area (TPSA) is 76.1 Å². The van der Waals surface area contributed by atoms with E-state index in [9.17, 15) is 18.0 Å². The number of carbonyl (C=O) groups is 1. The molecule has 0 aliphatic rings. The van der Waals surface area contributed by atoms with E-state index in [2.05, 4.69) is 20.8 Å². The van der Waals surface area contributed by atoms with Crippen molar-refractivity contribution in [3.05, 3.63) is 59.7 Å². The van der Waals surface area contributed by atoms with E-state index in [0.29, 0.717) is 15.8 Å². The first-order valence-corrected chi connectivity index (χ1v) is 10.8. The van der Waals surface area contributed by atoms with Gasteiger partial charge in [-0.1, -0.05) is 59.5 Å². The average molecular weight is 469 g/mol. The van der Waals surface area contributed by atoms with Gasteiger partial charge in [-0.15, -0.1) is 10.2 Å². The molecule has 0 aliphatic carbocycles. The van der Waals surface area contributed by atoms with E-state index < -0.39 is 18.0 Å². The van der Waals surface area contributed by atoms with Gasteiger partial charge in [0.1, 0.15) is 17.5 Å². The minimum absolute atomic E-state index is 0.0346. The highest BCUT2D eigenvalue weighted by Crippen LogP contribution is 2.39. The fourth-order valence-electron chi connectivity index (χ4n) is 2.62. The number of halogens is 3. The van der Waals surface area contributed by atoms with Gasteiger partial charge in [0.2, 0.25) is 11.0 Å². The molecule has 31 heavy (non-hydrogen) atoms. The highest BCUT2D eigenvalue weighted by atomic mass is 32.2. The number of anilines is 2. The van der Waals surface area contributed by atoms with Gasteiger partial charge < -0.3 is 15.4 Å². The standard InChI is InChI=1S/C20H19F3N4O2S2/c1-12-8-9-15(29-2)14(10-12)25-17(28)16(13-6-4-3-5-7-13)30-19-27-26-18(31-19)24-11-20(21,22)23/h3-10,16H,11H2,1-2H3,(H,24,26)(H,25,28). The molecule has 2 N–H and O–H groups in total. The number of thioether (sulfide) groups is 1. The summed E-state index contributed by atoms with van der Waals surface area (Å²) < 4.78 is 42.9. The Balaban J connectivity index is 1.81. The van der Waals surface area contributed by atoms with E-state index in [1.807, 2.05) is 19.1 Å². The number of amides is 1. The molecule has 0 spiro atoms. The van der Waals surface area contributed by atoms with Gasteiger partial charge in [0.05, 0.1) is 12.8 Å². The summed E-state index contributed by atoms with van der Waals surface area (Å²) in [4.78, 5) is 13.2. The van der Waals surface area contributed by atoms with Crippen molar-refractivity contribution >= 4 is 39.8 Å². The lowest BCUT2D eigenvalue weighted by molar-refractivity contribution is -0.116. The molecule has 0 radical (unpaired) electrons. The monoisotopic (exact) mass is 468 g/mol. The molecule has 3 rings (SSSR count). The van der Waals surface area contributed by atoms with Crippen LogP contribution in [0.5, 0.6) is 5.75 Å². The van der Waals surface area contributed by atoms with Crippen molar-refractivity contribution in [1.82, 2.24) is 10.2 Å². The molecule has 0 aliphatic heterocycles. The van der Waals surface area contributed by atoms with Crippen LogP contribution in [0, 0.1) is 6.92 Å². The van der Waals surface area contributed by atoms with Gasteiger partial charge in [-0.3, -0.25) is 4.79 Å². The summed E-state index contributed by atoms with van der Waals surface area (Å²) in [6.07, 6.45) is -4.36. The Labute approximate surface area is 185 Å². The van der Waals surface area contributed by atoms with Crippen LogP contribution in [-0.2, 0) is 4.79 Å². The quantitative estimate of drug-likeness (QED) is 0.437. The lowest BCUT2D eigenvalue weighted by Gasteiger charge is -2.17. The van der Waals surface area contributed by atoms with Gasteiger partial charge in [0, 0.05) is 0 Å². The molecule has 2 aromatic carbocycles. The predicted octanol–water partition coefficient (Wildman–Crippen LogP) is 5.30. The summed E-state index contributed by atoms with van der Waals surface area (Å²) in [5, 5.41) is 12.1. The third kappa shape index (κ3) is 6.59. The average Bonchev–Trinajstić information content (AvgIpc) is 3.18. The molecule has 11 heteroatoms. The van der Waals surface area contributed by atoms with Gasteiger partial charge in [-0.25, -0.2) is 0 Å². The van der Waals surface area contributed by atoms with Crippen LogP contribution in [0.1, 0.15) is 16.4 Å². The molecule has 1 amide bonds. The number of aromatic nitrogens is 2. The third-order valence-corrected chi connectivity index (χ3v) is 6.24. The van der Waals surface area contributed by atoms with E-state index in [0.717, 1.165) is 34.2 Å². The number of benzene rings is 2. The first kappa shape index (κ1) is 22.9. The second-order valence-electron chi connectivity index (χ2n) is 6.44. The SMILES string of the molecule is COc1ccc(C)cc1NC(=O)C(Sc1nnc(NCC(F)(F)F)s1)c1ccccc1. The van der Waals surface area contributed by atoms with Crippen LogP contribution in [0.4, 0.5) is 24.0 Å². The largest absolute Gasteiger partial charge is 0.495 e. The van der Waals surface area contributed by atoms with Gasteiger partial charge in [0.15, 0.2) is 4.34 Å². The molecule has 0 saturated heterocycles. The molecule has 1 unspecified atom stereocenters. The number of alkyl halides is 3. The van der Waals surface area contributed by atoms with E-state index in [-0.39, 0.29) is 11.0 Å². The summed E-state index contributed by atoms with van der Waals surface area (Å²) in [7, 11) is 1.51. The van der Waals surface area contributed by atoms with E-state index in [1.165, 1.54) is 7.11 Å². The summed E-state index contributed by atoms with van der Waals surface area (Å²) in [6, 6.07) is 14.5. The number of aryl methyl sites for hydroxylation is 1. The minimum atomic E-state index is -4.36. The number of hydrogen-bond acceptors (Lipinski definition) is 7. The molecule has 164 valence electrons. The Hall–Kier alpha value is -2.79. The van der Waals surface area contributed by atoms with Gasteiger partial charge in [0.25, 0.3) is 0 Å². The smallest absolute Gasteiger partial charge is 0.405 e. The Kier molecular flexibility index (Phi) is 7.39. The van der Waals surface area contributed by atoms with Gasteiger partial charge in [-0.2, -0.15) is 13.2 Å². The fourth-order valence-corrected chi connectivity index (χ4v) is 4.56. The van der Waals surface area contributed by atoms with Crippen LogP contribution in [0.3, 0.4) is 0 Å². The zero-order valence-electron chi connectivity index (χ0n) is 16.6. The highest BCUT2D eigenvalue weighted by molar-refractivity contribution is 8.02. The Bertz CT molecular complexity index is 1030. The van der Waals surface area contributed by atoms with Crippen molar-refractivity contribution in [3.8, 4) is 5.75 Å². The molecule has 3 aromatic rings. The molecule has 0 saturated carbocycles. The zero-order chi connectivity index (χ0) is 22.4. The molecular weight excluding hydrogens is 449 g/mol. The minimum Gasteiger partial charge on any atom is -0.495 e. The second kappa shape index (κ2) is 10.0. The Morgan fingerprint density at radius 2 is 1.94 bits per heavy atom. The summed E-state index contributed by atoms with van der Waals surface area (Å²) >= 11 is 2.07. The van der Waals surface area contributed by atoms with Crippen LogP contribution in [0.25, 0.3) is 0 Å². The molecular formula is C20H19F3N4O2S2. The van der Waals surface area contributed by atoms with Crippen molar-refractivity contribution in [3.63, 3.8) is 0 Å². The summed E-state index contributed by atoms with van der Waals surface area (Å²) in [5.74, 6) is 0.199. The van der Waals surface area contributed by atoms with Crippen LogP contribution in [0.15, 0.2) is 52.9 Å². The third-order valence-electron chi connectivity index (χ3n) is 4.02. The molecule has 1 heterocycles. The number of hydrogen-bond donors (Lipinski definition) is 2. The number of rotatable bonds is 8. The summed E-state index contributed by atoms with van der Waals surface area (Å²) in [6.45, 7) is 0.692. The maximum atomic E-state index is 13.2. The van der Waals surface area contributed by atoms with Crippen LogP contribution < -0.4 is 15.4 Å². The Morgan fingerprint density at radius 3 is 2.61 bits per heavy atom. The van der Waals surface area contributed by atoms with Crippen LogP contribution >= 0.6 is 23.1 Å². The molecule has 6 nitrogen and oxygen atoms in total. The normalized spacial score (nSPS) is 12.3. The zero-order valence-corrected chi connectivity index (χ0v) is 18.2. The van der Waals surface area contributed by atoms with Gasteiger partial charge in [-0.05, 0) is 30.2 Å². The maximum Gasteiger partial charge on any atom is 0.405 e. The number of methoxy groups -OCH3 is 1. The number of ether oxygens (including phenoxy) is 1. The fraction of sp³-hybridized carbons (Fsp3) is 0.250. The van der Waals surface area contributed by atoms with E-state index in [1.54, 1.807) is 36.4 Å². The van der Waals surface area contributed by atoms with Crippen LogP contribution in [0.2, 0.25) is 0 Å². The predicted molar refractivity (Wildman–Crippen MR) is 116 cm³/mol. The lowest BCUT2D eigenvalue weighted by Crippen LogP contribution is -2.21.